The molecule has 0 aliphatic heterocycles. The molecule has 1 aromatic heterocycles. The average Bonchev–Trinajstić information content (AvgIpc) is 2.02. The molecule has 0 aliphatic carbocycles. The molecule has 0 spiro atoms. The number of hydrogen-bond donors (Lipinski definition) is 1. The molecule has 5 heteroatoms. The van der Waals surface area contributed by atoms with E-state index < -0.39 is 23.7 Å². The highest BCUT2D eigenvalue weighted by molar-refractivity contribution is 5.87. The monoisotopic (exact) mass is 187 g/mol. The minimum Gasteiger partial charge on any atom is -0.476 e. The Kier molecular flexibility index (Phi) is 2.55. The number of carboxylic acids is 1. The predicted octanol–water partition coefficient (Wildman–Crippen LogP) is 2.03. The molecule has 0 bridgehead atoms. The zero-order valence-corrected chi connectivity index (χ0v) is 6.79. The van der Waals surface area contributed by atoms with Gasteiger partial charge in [0.25, 0.3) is 6.43 Å². The van der Waals surface area contributed by atoms with Crippen molar-refractivity contribution >= 4 is 5.97 Å². The van der Waals surface area contributed by atoms with Crippen molar-refractivity contribution in [3.05, 3.63) is 29.1 Å². The number of carbonyl (C=O) groups is 1. The molecule has 1 heterocycles. The lowest BCUT2D eigenvalue weighted by Gasteiger charge is -2.06. The minimum absolute atomic E-state index is 0.238. The molecule has 0 amide bonds. The van der Waals surface area contributed by atoms with Gasteiger partial charge in [0.2, 0.25) is 0 Å². The maximum Gasteiger partial charge on any atom is 0.354 e. The molecular weight excluding hydrogens is 180 g/mol. The summed E-state index contributed by atoms with van der Waals surface area (Å²) in [7, 11) is 0. The fourth-order valence-electron chi connectivity index (χ4n) is 1.02. The Hall–Kier alpha value is -1.52. The van der Waals surface area contributed by atoms with Crippen LogP contribution in [0.4, 0.5) is 8.78 Å². The summed E-state index contributed by atoms with van der Waals surface area (Å²) in [6.07, 6.45) is -1.61. The van der Waals surface area contributed by atoms with Gasteiger partial charge in [-0.1, -0.05) is 0 Å². The molecule has 1 aromatic rings. The van der Waals surface area contributed by atoms with E-state index in [2.05, 4.69) is 4.98 Å². The highest BCUT2D eigenvalue weighted by Gasteiger charge is 2.20. The van der Waals surface area contributed by atoms with Crippen molar-refractivity contribution in [3.8, 4) is 0 Å². The lowest BCUT2D eigenvalue weighted by Crippen LogP contribution is -2.07. The van der Waals surface area contributed by atoms with Crippen molar-refractivity contribution in [2.45, 2.75) is 13.3 Å². The molecule has 0 fully saturated rings. The summed E-state index contributed by atoms with van der Waals surface area (Å²) in [4.78, 5) is 13.9. The molecular formula is C8H7F2NO2. The first-order chi connectivity index (χ1) is 6.04. The minimum atomic E-state index is -2.81. The van der Waals surface area contributed by atoms with E-state index in [-0.39, 0.29) is 5.56 Å². The number of rotatable bonds is 2. The van der Waals surface area contributed by atoms with Crippen LogP contribution in [0.15, 0.2) is 12.3 Å². The van der Waals surface area contributed by atoms with Gasteiger partial charge in [-0.15, -0.1) is 0 Å². The smallest absolute Gasteiger partial charge is 0.354 e. The van der Waals surface area contributed by atoms with Crippen LogP contribution in [0, 0.1) is 6.92 Å². The van der Waals surface area contributed by atoms with Crippen molar-refractivity contribution < 1.29 is 18.7 Å². The Balaban J connectivity index is 3.34. The zero-order valence-electron chi connectivity index (χ0n) is 6.79. The van der Waals surface area contributed by atoms with Crippen LogP contribution in [0.5, 0.6) is 0 Å². The first-order valence-corrected chi connectivity index (χ1v) is 3.51. The van der Waals surface area contributed by atoms with E-state index in [9.17, 15) is 13.6 Å². The van der Waals surface area contributed by atoms with Crippen LogP contribution in [0.3, 0.4) is 0 Å². The van der Waals surface area contributed by atoms with Crippen LogP contribution < -0.4 is 0 Å². The topological polar surface area (TPSA) is 50.2 Å². The quantitative estimate of drug-likeness (QED) is 0.770. The van der Waals surface area contributed by atoms with Gasteiger partial charge >= 0.3 is 5.97 Å². The summed E-state index contributed by atoms with van der Waals surface area (Å²) in [5.41, 5.74) is -0.840. The van der Waals surface area contributed by atoms with Gasteiger partial charge in [-0.25, -0.2) is 18.6 Å². The van der Waals surface area contributed by atoms with Crippen LogP contribution in [0.2, 0.25) is 0 Å². The fraction of sp³-hybridized carbons (Fsp3) is 0.250. The molecule has 0 saturated heterocycles. The summed E-state index contributed by atoms with van der Waals surface area (Å²) < 4.78 is 24.7. The van der Waals surface area contributed by atoms with Crippen LogP contribution in [-0.4, -0.2) is 16.1 Å². The molecule has 1 N–H and O–H groups in total. The number of aromatic nitrogens is 1. The van der Waals surface area contributed by atoms with Gasteiger partial charge in [0.15, 0.2) is 5.69 Å². The number of halogens is 2. The normalized spacial score (nSPS) is 10.5. The van der Waals surface area contributed by atoms with Crippen molar-refractivity contribution in [1.29, 1.82) is 0 Å². The van der Waals surface area contributed by atoms with E-state index in [0.717, 1.165) is 0 Å². The molecule has 13 heavy (non-hydrogen) atoms. The van der Waals surface area contributed by atoms with Gasteiger partial charge in [0.05, 0.1) is 5.56 Å². The second kappa shape index (κ2) is 3.47. The van der Waals surface area contributed by atoms with Crippen LogP contribution in [-0.2, 0) is 0 Å². The second-order valence-corrected chi connectivity index (χ2v) is 2.50. The van der Waals surface area contributed by atoms with E-state index in [1.165, 1.54) is 19.2 Å². The van der Waals surface area contributed by atoms with Gasteiger partial charge in [-0.3, -0.25) is 0 Å². The number of hydrogen-bond acceptors (Lipinski definition) is 2. The third kappa shape index (κ3) is 1.80. The van der Waals surface area contributed by atoms with Crippen molar-refractivity contribution in [2.75, 3.05) is 0 Å². The van der Waals surface area contributed by atoms with E-state index in [4.69, 9.17) is 5.11 Å². The molecule has 0 radical (unpaired) electrons. The van der Waals surface area contributed by atoms with Crippen molar-refractivity contribution in [3.63, 3.8) is 0 Å². The largest absolute Gasteiger partial charge is 0.476 e. The third-order valence-electron chi connectivity index (χ3n) is 1.63. The second-order valence-electron chi connectivity index (χ2n) is 2.50. The standard InChI is InChI=1S/C8H7F2NO2/c1-4-2-3-11-6(8(12)13)5(4)7(9)10/h2-3,7H,1H3,(H,12,13). The SMILES string of the molecule is Cc1ccnc(C(=O)O)c1C(F)F. The van der Waals surface area contributed by atoms with Crippen molar-refractivity contribution in [2.24, 2.45) is 0 Å². The number of pyridine rings is 1. The predicted molar refractivity (Wildman–Crippen MR) is 40.9 cm³/mol. The Morgan fingerprint density at radius 1 is 1.62 bits per heavy atom. The summed E-state index contributed by atoms with van der Waals surface area (Å²) in [6, 6.07) is 1.36. The van der Waals surface area contributed by atoms with E-state index in [1.807, 2.05) is 0 Å². The Bertz CT molecular complexity index is 339. The number of alkyl halides is 2. The summed E-state index contributed by atoms with van der Waals surface area (Å²) in [5.74, 6) is -1.43. The van der Waals surface area contributed by atoms with Crippen molar-refractivity contribution in [1.82, 2.24) is 4.98 Å². The molecule has 0 saturated carbocycles. The fourth-order valence-corrected chi connectivity index (χ4v) is 1.02. The lowest BCUT2D eigenvalue weighted by molar-refractivity contribution is 0.0676. The molecule has 0 aliphatic rings. The summed E-state index contributed by atoms with van der Waals surface area (Å²) in [5, 5.41) is 8.54. The number of aromatic carboxylic acids is 1. The van der Waals surface area contributed by atoms with E-state index >= 15 is 0 Å². The number of carboxylic acid groups (broad SMARTS) is 1. The van der Waals surface area contributed by atoms with Gasteiger partial charge < -0.3 is 5.11 Å². The van der Waals surface area contributed by atoms with Gasteiger partial charge in [0, 0.05) is 6.20 Å². The lowest BCUT2D eigenvalue weighted by atomic mass is 10.1. The summed E-state index contributed by atoms with van der Waals surface area (Å²) >= 11 is 0. The maximum absolute atomic E-state index is 12.3. The average molecular weight is 187 g/mol. The zero-order chi connectivity index (χ0) is 10.0. The maximum atomic E-state index is 12.3. The number of nitrogens with zero attached hydrogens (tertiary/aromatic N) is 1. The highest BCUT2D eigenvalue weighted by Crippen LogP contribution is 2.24. The summed E-state index contributed by atoms with van der Waals surface area (Å²) in [6.45, 7) is 1.43. The first-order valence-electron chi connectivity index (χ1n) is 3.51. The molecule has 3 nitrogen and oxygen atoms in total. The van der Waals surface area contributed by atoms with Crippen LogP contribution >= 0.6 is 0 Å². The van der Waals surface area contributed by atoms with Gasteiger partial charge in [-0.05, 0) is 18.6 Å². The third-order valence-corrected chi connectivity index (χ3v) is 1.63. The molecule has 0 atom stereocenters. The van der Waals surface area contributed by atoms with Gasteiger partial charge in [-0.2, -0.15) is 0 Å². The van der Waals surface area contributed by atoms with E-state index in [0.29, 0.717) is 0 Å². The first kappa shape index (κ1) is 9.57. The van der Waals surface area contributed by atoms with Crippen LogP contribution in [0.1, 0.15) is 28.0 Å². The van der Waals surface area contributed by atoms with E-state index in [1.54, 1.807) is 0 Å². The highest BCUT2D eigenvalue weighted by atomic mass is 19.3. The number of aryl methyl sites for hydroxylation is 1. The molecule has 70 valence electrons. The Morgan fingerprint density at radius 2 is 2.23 bits per heavy atom. The van der Waals surface area contributed by atoms with Crippen LogP contribution in [0.25, 0.3) is 0 Å². The van der Waals surface area contributed by atoms with Gasteiger partial charge in [0.1, 0.15) is 0 Å². The Morgan fingerprint density at radius 3 is 2.62 bits per heavy atom. The Labute approximate surface area is 73.0 Å². The molecule has 1 rings (SSSR count). The molecule has 0 aromatic carbocycles. The molecule has 0 unspecified atom stereocenters.